The maximum absolute atomic E-state index is 13.2. The molecule has 0 saturated heterocycles. The molecular weight excluding hydrogens is 208 g/mol. The first kappa shape index (κ1) is 9.82. The molecule has 1 aliphatic rings. The smallest absolute Gasteiger partial charge is 0.248 e. The van der Waals surface area contributed by atoms with Crippen molar-refractivity contribution < 1.29 is 8.78 Å². The lowest BCUT2D eigenvalue weighted by Crippen LogP contribution is -2.08. The Kier molecular flexibility index (Phi) is 2.03. The van der Waals surface area contributed by atoms with Crippen molar-refractivity contribution in [1.82, 2.24) is 4.98 Å². The Morgan fingerprint density at radius 3 is 2.81 bits per heavy atom. The number of hydrogen-bond acceptors (Lipinski definition) is 0. The standard InChI is InChI=1S/C13H13F2N/c14-13(15)6-5-9(7-13)11-8-16-12-4-2-1-3-10(11)12/h1-4,8-9,16H,5-7H2. The van der Waals surface area contributed by atoms with Crippen molar-refractivity contribution in [2.75, 3.05) is 0 Å². The topological polar surface area (TPSA) is 15.8 Å². The van der Waals surface area contributed by atoms with Crippen LogP contribution < -0.4 is 0 Å². The highest BCUT2D eigenvalue weighted by atomic mass is 19.3. The summed E-state index contributed by atoms with van der Waals surface area (Å²) in [7, 11) is 0. The molecule has 0 spiro atoms. The molecule has 16 heavy (non-hydrogen) atoms. The molecule has 84 valence electrons. The summed E-state index contributed by atoms with van der Waals surface area (Å²) in [5, 5.41) is 1.09. The van der Waals surface area contributed by atoms with E-state index in [4.69, 9.17) is 0 Å². The lowest BCUT2D eigenvalue weighted by atomic mass is 9.97. The molecule has 1 saturated carbocycles. The first-order valence-corrected chi connectivity index (χ1v) is 5.59. The number of halogens is 2. The molecule has 1 aromatic heterocycles. The van der Waals surface area contributed by atoms with E-state index in [1.54, 1.807) is 0 Å². The van der Waals surface area contributed by atoms with Crippen LogP contribution in [0.15, 0.2) is 30.5 Å². The largest absolute Gasteiger partial charge is 0.361 e. The number of hydrogen-bond donors (Lipinski definition) is 1. The zero-order valence-corrected chi connectivity index (χ0v) is 8.84. The van der Waals surface area contributed by atoms with Gasteiger partial charge in [0.1, 0.15) is 0 Å². The Labute approximate surface area is 92.5 Å². The van der Waals surface area contributed by atoms with Crippen LogP contribution in [0, 0.1) is 0 Å². The van der Waals surface area contributed by atoms with Crippen molar-refractivity contribution in [2.24, 2.45) is 0 Å². The molecule has 1 aromatic carbocycles. The first-order chi connectivity index (χ1) is 7.66. The molecular formula is C13H13F2N. The predicted octanol–water partition coefficient (Wildman–Crippen LogP) is 4.07. The van der Waals surface area contributed by atoms with E-state index in [-0.39, 0.29) is 18.8 Å². The van der Waals surface area contributed by atoms with E-state index >= 15 is 0 Å². The van der Waals surface area contributed by atoms with Crippen molar-refractivity contribution in [1.29, 1.82) is 0 Å². The average molecular weight is 221 g/mol. The van der Waals surface area contributed by atoms with Crippen LogP contribution in [0.3, 0.4) is 0 Å². The fraction of sp³-hybridized carbons (Fsp3) is 0.385. The summed E-state index contributed by atoms with van der Waals surface area (Å²) in [5.74, 6) is -2.46. The number of para-hydroxylation sites is 1. The molecule has 1 heterocycles. The van der Waals surface area contributed by atoms with E-state index in [0.717, 1.165) is 16.5 Å². The molecule has 0 bridgehead atoms. The number of nitrogens with one attached hydrogen (secondary N) is 1. The maximum atomic E-state index is 13.2. The fourth-order valence-electron chi connectivity index (χ4n) is 2.65. The minimum atomic E-state index is -2.47. The SMILES string of the molecule is FC1(F)CCC(c2c[nH]c3ccccc23)C1. The molecule has 3 heteroatoms. The lowest BCUT2D eigenvalue weighted by molar-refractivity contribution is 0.00781. The van der Waals surface area contributed by atoms with Gasteiger partial charge in [-0.15, -0.1) is 0 Å². The zero-order chi connectivity index (χ0) is 11.2. The number of aromatic amines is 1. The number of benzene rings is 1. The van der Waals surface area contributed by atoms with Gasteiger partial charge in [0.25, 0.3) is 0 Å². The third-order valence-corrected chi connectivity index (χ3v) is 3.46. The Morgan fingerprint density at radius 2 is 2.06 bits per heavy atom. The minimum Gasteiger partial charge on any atom is -0.361 e. The van der Waals surface area contributed by atoms with Crippen molar-refractivity contribution in [3.05, 3.63) is 36.0 Å². The average Bonchev–Trinajstić information content (AvgIpc) is 2.81. The van der Waals surface area contributed by atoms with E-state index in [1.807, 2.05) is 30.5 Å². The number of aromatic nitrogens is 1. The van der Waals surface area contributed by atoms with Gasteiger partial charge in [-0.1, -0.05) is 18.2 Å². The minimum absolute atomic E-state index is 0.00511. The molecule has 0 aliphatic heterocycles. The number of H-pyrrole nitrogens is 1. The van der Waals surface area contributed by atoms with Crippen LogP contribution in [-0.2, 0) is 0 Å². The van der Waals surface area contributed by atoms with Gasteiger partial charge >= 0.3 is 0 Å². The van der Waals surface area contributed by atoms with Crippen LogP contribution in [0.4, 0.5) is 8.78 Å². The lowest BCUT2D eigenvalue weighted by Gasteiger charge is -2.09. The van der Waals surface area contributed by atoms with E-state index < -0.39 is 5.92 Å². The summed E-state index contributed by atoms with van der Waals surface area (Å²) >= 11 is 0. The van der Waals surface area contributed by atoms with Gasteiger partial charge < -0.3 is 4.98 Å². The molecule has 1 fully saturated rings. The Hall–Kier alpha value is -1.38. The number of fused-ring (bicyclic) bond motifs is 1. The summed E-state index contributed by atoms with van der Waals surface area (Å²) in [5.41, 5.74) is 2.08. The number of alkyl halides is 2. The van der Waals surface area contributed by atoms with Gasteiger partial charge in [0.15, 0.2) is 0 Å². The van der Waals surface area contributed by atoms with Gasteiger partial charge in [-0.25, -0.2) is 8.78 Å². The monoisotopic (exact) mass is 221 g/mol. The van der Waals surface area contributed by atoms with Gasteiger partial charge in [-0.3, -0.25) is 0 Å². The number of rotatable bonds is 1. The van der Waals surface area contributed by atoms with Gasteiger partial charge in [-0.2, -0.15) is 0 Å². The molecule has 3 rings (SSSR count). The van der Waals surface area contributed by atoms with E-state index in [0.29, 0.717) is 6.42 Å². The van der Waals surface area contributed by atoms with Gasteiger partial charge in [0.05, 0.1) is 0 Å². The summed E-state index contributed by atoms with van der Waals surface area (Å²) in [6.45, 7) is 0. The molecule has 1 nitrogen and oxygen atoms in total. The quantitative estimate of drug-likeness (QED) is 0.747. The van der Waals surface area contributed by atoms with E-state index in [1.165, 1.54) is 0 Å². The second-order valence-electron chi connectivity index (χ2n) is 4.59. The van der Waals surface area contributed by atoms with Crippen LogP contribution in [-0.4, -0.2) is 10.9 Å². The summed E-state index contributed by atoms with van der Waals surface area (Å²) < 4.78 is 26.4. The van der Waals surface area contributed by atoms with E-state index in [2.05, 4.69) is 4.98 Å². The highest BCUT2D eigenvalue weighted by Crippen LogP contribution is 2.45. The van der Waals surface area contributed by atoms with Crippen LogP contribution in [0.2, 0.25) is 0 Å². The Balaban J connectivity index is 2.01. The summed E-state index contributed by atoms with van der Waals surface area (Å²) in [6, 6.07) is 7.88. The summed E-state index contributed by atoms with van der Waals surface area (Å²) in [4.78, 5) is 3.15. The molecule has 1 unspecified atom stereocenters. The first-order valence-electron chi connectivity index (χ1n) is 5.59. The highest BCUT2D eigenvalue weighted by molar-refractivity contribution is 5.83. The predicted molar refractivity (Wildman–Crippen MR) is 59.8 cm³/mol. The van der Waals surface area contributed by atoms with Gasteiger partial charge in [0, 0.05) is 29.9 Å². The second-order valence-corrected chi connectivity index (χ2v) is 4.59. The molecule has 1 atom stereocenters. The van der Waals surface area contributed by atoms with Crippen LogP contribution in [0.1, 0.15) is 30.7 Å². The summed E-state index contributed by atoms with van der Waals surface area (Å²) in [6.07, 6.45) is 2.50. The molecule has 1 aliphatic carbocycles. The van der Waals surface area contributed by atoms with Crippen LogP contribution >= 0.6 is 0 Å². The van der Waals surface area contributed by atoms with Crippen molar-refractivity contribution in [3.8, 4) is 0 Å². The second kappa shape index (κ2) is 3.30. The van der Waals surface area contributed by atoms with Crippen LogP contribution in [0.5, 0.6) is 0 Å². The Bertz CT molecular complexity index is 515. The molecule has 2 aromatic rings. The van der Waals surface area contributed by atoms with E-state index in [9.17, 15) is 8.78 Å². The molecule has 1 N–H and O–H groups in total. The maximum Gasteiger partial charge on any atom is 0.248 e. The van der Waals surface area contributed by atoms with Crippen molar-refractivity contribution in [3.63, 3.8) is 0 Å². The van der Waals surface area contributed by atoms with Crippen molar-refractivity contribution in [2.45, 2.75) is 31.1 Å². The zero-order valence-electron chi connectivity index (χ0n) is 8.84. The highest BCUT2D eigenvalue weighted by Gasteiger charge is 2.40. The van der Waals surface area contributed by atoms with Gasteiger partial charge in [0.2, 0.25) is 5.92 Å². The normalized spacial score (nSPS) is 24.0. The molecule has 0 amide bonds. The van der Waals surface area contributed by atoms with Crippen molar-refractivity contribution >= 4 is 10.9 Å². The van der Waals surface area contributed by atoms with Crippen LogP contribution in [0.25, 0.3) is 10.9 Å². The van der Waals surface area contributed by atoms with Gasteiger partial charge in [-0.05, 0) is 24.0 Å². The third-order valence-electron chi connectivity index (χ3n) is 3.46. The molecule has 0 radical (unpaired) electrons. The Morgan fingerprint density at radius 1 is 1.25 bits per heavy atom. The third kappa shape index (κ3) is 1.51. The fourth-order valence-corrected chi connectivity index (χ4v) is 2.65.